The van der Waals surface area contributed by atoms with Gasteiger partial charge in [-0.1, -0.05) is 0 Å². The highest BCUT2D eigenvalue weighted by Crippen LogP contribution is 2.41. The molecule has 0 unspecified atom stereocenters. The maximum atomic E-state index is 13.4. The molecule has 1 N–H and O–H groups in total. The van der Waals surface area contributed by atoms with Crippen molar-refractivity contribution in [2.24, 2.45) is 7.05 Å². The largest absolute Gasteiger partial charge is 0.433 e. The van der Waals surface area contributed by atoms with Gasteiger partial charge in [0.2, 0.25) is 0 Å². The maximum absolute atomic E-state index is 13.4. The summed E-state index contributed by atoms with van der Waals surface area (Å²) >= 11 is 0. The van der Waals surface area contributed by atoms with Crippen molar-refractivity contribution < 1.29 is 18.0 Å². The summed E-state index contributed by atoms with van der Waals surface area (Å²) in [6.45, 7) is 1.71. The van der Waals surface area contributed by atoms with Crippen LogP contribution in [0.4, 0.5) is 18.9 Å². The molecule has 26 heavy (non-hydrogen) atoms. The second kappa shape index (κ2) is 5.55. The molecule has 136 valence electrons. The van der Waals surface area contributed by atoms with Gasteiger partial charge in [0.25, 0.3) is 5.91 Å². The standard InChI is InChI=1S/C16H15F3N6O/c1-8-12(7-24(2)22-8)21-15(26)11-6-14-20-10(9-3-4-9)5-13(16(17,18)19)25(14)23-11/h5-7,9H,3-4H2,1-2H3,(H,21,26). The van der Waals surface area contributed by atoms with Gasteiger partial charge < -0.3 is 5.32 Å². The Morgan fingerprint density at radius 2 is 2.00 bits per heavy atom. The van der Waals surface area contributed by atoms with E-state index in [0.29, 0.717) is 21.6 Å². The quantitative estimate of drug-likeness (QED) is 0.775. The fourth-order valence-corrected chi connectivity index (χ4v) is 2.80. The number of aryl methyl sites for hydroxylation is 2. The lowest BCUT2D eigenvalue weighted by atomic mass is 10.2. The van der Waals surface area contributed by atoms with Crippen molar-refractivity contribution in [1.29, 1.82) is 0 Å². The number of carbonyl (C=O) groups excluding carboxylic acids is 1. The van der Waals surface area contributed by atoms with Gasteiger partial charge in [0, 0.05) is 30.9 Å². The Labute approximate surface area is 145 Å². The minimum atomic E-state index is -4.59. The molecule has 7 nitrogen and oxygen atoms in total. The average molecular weight is 364 g/mol. The van der Waals surface area contributed by atoms with Crippen molar-refractivity contribution in [3.63, 3.8) is 0 Å². The van der Waals surface area contributed by atoms with E-state index < -0.39 is 17.8 Å². The van der Waals surface area contributed by atoms with E-state index in [9.17, 15) is 18.0 Å². The molecule has 0 aromatic carbocycles. The van der Waals surface area contributed by atoms with Crippen molar-refractivity contribution in [3.05, 3.63) is 41.1 Å². The number of nitrogens with zero attached hydrogens (tertiary/aromatic N) is 5. The third kappa shape index (κ3) is 2.91. The van der Waals surface area contributed by atoms with E-state index in [0.717, 1.165) is 18.9 Å². The van der Waals surface area contributed by atoms with E-state index in [1.807, 2.05) is 0 Å². The van der Waals surface area contributed by atoms with Gasteiger partial charge in [-0.25, -0.2) is 9.50 Å². The number of hydrogen-bond donors (Lipinski definition) is 1. The molecule has 0 radical (unpaired) electrons. The molecular weight excluding hydrogens is 349 g/mol. The smallest absolute Gasteiger partial charge is 0.318 e. The predicted octanol–water partition coefficient (Wildman–Crippen LogP) is 2.92. The molecule has 1 aliphatic carbocycles. The molecular formula is C16H15F3N6O. The normalized spacial score (nSPS) is 14.8. The van der Waals surface area contributed by atoms with Crippen molar-refractivity contribution in [2.45, 2.75) is 31.9 Å². The Hall–Kier alpha value is -2.91. The minimum Gasteiger partial charge on any atom is -0.318 e. The first kappa shape index (κ1) is 16.6. The maximum Gasteiger partial charge on any atom is 0.433 e. The zero-order chi connectivity index (χ0) is 18.6. The lowest BCUT2D eigenvalue weighted by molar-refractivity contribution is -0.142. The van der Waals surface area contributed by atoms with Crippen LogP contribution in [0.25, 0.3) is 5.65 Å². The van der Waals surface area contributed by atoms with E-state index >= 15 is 0 Å². The van der Waals surface area contributed by atoms with Crippen LogP contribution in [-0.2, 0) is 13.2 Å². The van der Waals surface area contributed by atoms with E-state index in [1.54, 1.807) is 20.2 Å². The molecule has 3 aromatic heterocycles. The molecule has 1 aliphatic rings. The molecule has 1 amide bonds. The molecule has 0 bridgehead atoms. The van der Waals surface area contributed by atoms with Crippen molar-refractivity contribution in [2.75, 3.05) is 5.32 Å². The number of anilines is 1. The third-order valence-electron chi connectivity index (χ3n) is 4.23. The van der Waals surface area contributed by atoms with Gasteiger partial charge >= 0.3 is 6.18 Å². The number of carbonyl (C=O) groups is 1. The van der Waals surface area contributed by atoms with Crippen molar-refractivity contribution in [3.8, 4) is 0 Å². The summed E-state index contributed by atoms with van der Waals surface area (Å²) in [6, 6.07) is 2.28. The van der Waals surface area contributed by atoms with E-state index in [4.69, 9.17) is 0 Å². The molecule has 10 heteroatoms. The highest BCUT2D eigenvalue weighted by Gasteiger charge is 2.37. The second-order valence-electron chi connectivity index (χ2n) is 6.39. The fourth-order valence-electron chi connectivity index (χ4n) is 2.80. The van der Waals surface area contributed by atoms with Crippen LogP contribution in [0.2, 0.25) is 0 Å². The first-order valence-electron chi connectivity index (χ1n) is 8.02. The van der Waals surface area contributed by atoms with E-state index in [1.165, 1.54) is 10.7 Å². The number of rotatable bonds is 3. The summed E-state index contributed by atoms with van der Waals surface area (Å²) in [5.41, 5.74) is 0.391. The summed E-state index contributed by atoms with van der Waals surface area (Å²) in [6.07, 6.45) is -1.34. The van der Waals surface area contributed by atoms with Gasteiger partial charge in [0.05, 0.1) is 11.4 Å². The molecule has 3 aromatic rings. The number of halogens is 3. The number of alkyl halides is 3. The highest BCUT2D eigenvalue weighted by atomic mass is 19.4. The van der Waals surface area contributed by atoms with Gasteiger partial charge in [-0.3, -0.25) is 9.48 Å². The number of hydrogen-bond acceptors (Lipinski definition) is 4. The number of aromatic nitrogens is 5. The summed E-state index contributed by atoms with van der Waals surface area (Å²) in [7, 11) is 1.70. The van der Waals surface area contributed by atoms with Crippen LogP contribution in [0.3, 0.4) is 0 Å². The number of nitrogens with one attached hydrogen (secondary N) is 1. The van der Waals surface area contributed by atoms with Gasteiger partial charge in [-0.2, -0.15) is 23.4 Å². The Balaban J connectivity index is 1.74. The molecule has 3 heterocycles. The first-order chi connectivity index (χ1) is 12.2. The second-order valence-corrected chi connectivity index (χ2v) is 6.39. The zero-order valence-electron chi connectivity index (χ0n) is 14.0. The van der Waals surface area contributed by atoms with Crippen LogP contribution in [0, 0.1) is 6.92 Å². The minimum absolute atomic E-state index is 0.00906. The summed E-state index contributed by atoms with van der Waals surface area (Å²) < 4.78 is 42.4. The number of fused-ring (bicyclic) bond motifs is 1. The Bertz CT molecular complexity index is 1020. The zero-order valence-corrected chi connectivity index (χ0v) is 14.0. The lowest BCUT2D eigenvalue weighted by Crippen LogP contribution is -2.16. The third-order valence-corrected chi connectivity index (χ3v) is 4.23. The monoisotopic (exact) mass is 364 g/mol. The Morgan fingerprint density at radius 3 is 2.58 bits per heavy atom. The van der Waals surface area contributed by atoms with Gasteiger partial charge in [-0.05, 0) is 25.8 Å². The molecule has 0 atom stereocenters. The van der Waals surface area contributed by atoms with Crippen LogP contribution in [0.15, 0.2) is 18.3 Å². The summed E-state index contributed by atoms with van der Waals surface area (Å²) in [5.74, 6) is -0.570. The van der Waals surface area contributed by atoms with Gasteiger partial charge in [-0.15, -0.1) is 0 Å². The first-order valence-corrected chi connectivity index (χ1v) is 8.02. The van der Waals surface area contributed by atoms with Crippen LogP contribution >= 0.6 is 0 Å². The lowest BCUT2D eigenvalue weighted by Gasteiger charge is -2.10. The Kier molecular flexibility index (Phi) is 3.53. The average Bonchev–Trinajstić information content (AvgIpc) is 3.22. The molecule has 0 aliphatic heterocycles. The van der Waals surface area contributed by atoms with Crippen LogP contribution in [0.1, 0.15) is 46.3 Å². The summed E-state index contributed by atoms with van der Waals surface area (Å²) in [4.78, 5) is 16.7. The topological polar surface area (TPSA) is 77.1 Å². The molecule has 1 fully saturated rings. The molecule has 1 saturated carbocycles. The SMILES string of the molecule is Cc1nn(C)cc1NC(=O)c1cc2nc(C3CC3)cc(C(F)(F)F)n2n1. The number of amides is 1. The van der Waals surface area contributed by atoms with Crippen LogP contribution in [-0.4, -0.2) is 30.3 Å². The Morgan fingerprint density at radius 1 is 1.27 bits per heavy atom. The van der Waals surface area contributed by atoms with E-state index in [2.05, 4.69) is 20.5 Å². The van der Waals surface area contributed by atoms with Crippen molar-refractivity contribution >= 4 is 17.2 Å². The molecule has 4 rings (SSSR count). The fraction of sp³-hybridized carbons (Fsp3) is 0.375. The molecule has 0 saturated heterocycles. The predicted molar refractivity (Wildman–Crippen MR) is 85.9 cm³/mol. The van der Waals surface area contributed by atoms with E-state index in [-0.39, 0.29) is 17.3 Å². The highest BCUT2D eigenvalue weighted by molar-refractivity contribution is 6.03. The molecule has 0 spiro atoms. The van der Waals surface area contributed by atoms with Crippen molar-refractivity contribution in [1.82, 2.24) is 24.4 Å². The summed E-state index contributed by atoms with van der Waals surface area (Å²) in [5, 5.41) is 10.5. The van der Waals surface area contributed by atoms with Crippen LogP contribution in [0.5, 0.6) is 0 Å². The van der Waals surface area contributed by atoms with Gasteiger partial charge in [0.1, 0.15) is 5.69 Å². The van der Waals surface area contributed by atoms with Crippen LogP contribution < -0.4 is 5.32 Å². The van der Waals surface area contributed by atoms with Gasteiger partial charge in [0.15, 0.2) is 11.3 Å².